The number of nitrogens with zero attached hydrogens (tertiary/aromatic N) is 2. The topological polar surface area (TPSA) is 16.1 Å². The van der Waals surface area contributed by atoms with Crippen molar-refractivity contribution < 1.29 is 0 Å². The molecule has 2 fully saturated rings. The van der Waals surface area contributed by atoms with Crippen LogP contribution in [-0.4, -0.2) is 29.0 Å². The number of hydrogen-bond donors (Lipinski definition) is 0. The van der Waals surface area contributed by atoms with E-state index in [0.717, 1.165) is 11.1 Å². The molecular weight excluding hydrogens is 348 g/mol. The third-order valence-electron chi connectivity index (χ3n) is 6.20. The molecule has 1 aromatic heterocycles. The van der Waals surface area contributed by atoms with Crippen LogP contribution in [0.4, 0.5) is 0 Å². The quantitative estimate of drug-likeness (QED) is 0.608. The van der Waals surface area contributed by atoms with E-state index >= 15 is 0 Å². The van der Waals surface area contributed by atoms with E-state index in [1.807, 2.05) is 18.3 Å². The maximum Gasteiger partial charge on any atom is 0.101 e. The number of rotatable bonds is 5. The minimum absolute atomic E-state index is 0.638. The monoisotopic (exact) mass is 378 g/mol. The average molecular weight is 379 g/mol. The Kier molecular flexibility index (Phi) is 6.31. The molecule has 0 unspecified atom stereocenters. The predicted molar refractivity (Wildman–Crippen MR) is 115 cm³/mol. The lowest BCUT2D eigenvalue weighted by Gasteiger charge is -2.39. The first-order chi connectivity index (χ1) is 13.3. The molecule has 2 nitrogen and oxygen atoms in total. The minimum Gasteiger partial charge on any atom is -0.300 e. The lowest BCUT2D eigenvalue weighted by atomic mass is 9.84. The molecule has 2 aliphatic rings. The Labute approximate surface area is 168 Å². The molecule has 1 aliphatic carbocycles. The van der Waals surface area contributed by atoms with Gasteiger partial charge >= 0.3 is 0 Å². The summed E-state index contributed by atoms with van der Waals surface area (Å²) >= 11 is 1.71. The first-order valence-corrected chi connectivity index (χ1v) is 11.2. The van der Waals surface area contributed by atoms with E-state index in [1.165, 1.54) is 74.1 Å². The zero-order valence-corrected chi connectivity index (χ0v) is 17.0. The minimum atomic E-state index is 0.638. The molecule has 0 spiro atoms. The molecule has 1 aliphatic heterocycles. The Balaban J connectivity index is 1.32. The van der Waals surface area contributed by atoms with E-state index in [4.69, 9.17) is 0 Å². The second-order valence-corrected chi connectivity index (χ2v) is 9.02. The zero-order chi connectivity index (χ0) is 18.5. The van der Waals surface area contributed by atoms with E-state index in [9.17, 15) is 0 Å². The van der Waals surface area contributed by atoms with Crippen LogP contribution in [0.3, 0.4) is 0 Å². The van der Waals surface area contributed by atoms with Gasteiger partial charge in [0.05, 0.1) is 0 Å². The largest absolute Gasteiger partial charge is 0.300 e. The van der Waals surface area contributed by atoms with Crippen molar-refractivity contribution in [1.29, 1.82) is 0 Å². The summed E-state index contributed by atoms with van der Waals surface area (Å²) in [5.74, 6) is 0.638. The molecule has 0 bridgehead atoms. The molecule has 1 aromatic carbocycles. The predicted octanol–water partition coefficient (Wildman–Crippen LogP) is 6.29. The van der Waals surface area contributed by atoms with Gasteiger partial charge in [-0.05, 0) is 80.1 Å². The molecule has 4 rings (SSSR count). The summed E-state index contributed by atoms with van der Waals surface area (Å²) in [6.45, 7) is 6.97. The van der Waals surface area contributed by atoms with Crippen molar-refractivity contribution in [3.8, 4) is 0 Å². The van der Waals surface area contributed by atoms with Crippen LogP contribution >= 0.6 is 11.8 Å². The van der Waals surface area contributed by atoms with Gasteiger partial charge in [0.25, 0.3) is 0 Å². The summed E-state index contributed by atoms with van der Waals surface area (Å²) in [6, 6.07) is 15.8. The van der Waals surface area contributed by atoms with Gasteiger partial charge in [-0.3, -0.25) is 0 Å². The SMILES string of the molecule is C=C(c1ccc(Sc2ccccn2)cc1)C1CCN(C2CCCCC2)CC1. The van der Waals surface area contributed by atoms with Gasteiger partial charge in [0.1, 0.15) is 5.03 Å². The van der Waals surface area contributed by atoms with Crippen molar-refractivity contribution in [3.63, 3.8) is 0 Å². The maximum atomic E-state index is 4.46. The number of pyridine rings is 1. The first-order valence-electron chi connectivity index (χ1n) is 10.4. The normalized spacial score (nSPS) is 19.9. The summed E-state index contributed by atoms with van der Waals surface area (Å²) in [6.07, 6.45) is 11.5. The Morgan fingerprint density at radius 1 is 0.926 bits per heavy atom. The smallest absolute Gasteiger partial charge is 0.101 e. The number of aromatic nitrogens is 1. The highest BCUT2D eigenvalue weighted by Crippen LogP contribution is 2.34. The summed E-state index contributed by atoms with van der Waals surface area (Å²) in [7, 11) is 0. The second-order valence-electron chi connectivity index (χ2n) is 7.92. The second kappa shape index (κ2) is 9.07. The summed E-state index contributed by atoms with van der Waals surface area (Å²) < 4.78 is 0. The Morgan fingerprint density at radius 3 is 2.33 bits per heavy atom. The summed E-state index contributed by atoms with van der Waals surface area (Å²) in [5, 5.41) is 1.04. The van der Waals surface area contributed by atoms with E-state index < -0.39 is 0 Å². The molecule has 2 heterocycles. The highest BCUT2D eigenvalue weighted by Gasteiger charge is 2.27. The molecule has 1 saturated carbocycles. The number of piperidine rings is 1. The number of allylic oxidation sites excluding steroid dienone is 1. The van der Waals surface area contributed by atoms with Gasteiger partial charge in [0.2, 0.25) is 0 Å². The Bertz CT molecular complexity index is 727. The van der Waals surface area contributed by atoms with Crippen molar-refractivity contribution in [3.05, 3.63) is 60.8 Å². The van der Waals surface area contributed by atoms with E-state index in [0.29, 0.717) is 5.92 Å². The molecule has 0 radical (unpaired) electrons. The third-order valence-corrected chi connectivity index (χ3v) is 7.16. The van der Waals surface area contributed by atoms with Crippen LogP contribution in [0, 0.1) is 5.92 Å². The molecule has 0 N–H and O–H groups in total. The fourth-order valence-corrected chi connectivity index (χ4v) is 5.33. The number of likely N-dealkylation sites (tertiary alicyclic amines) is 1. The highest BCUT2D eigenvalue weighted by atomic mass is 32.2. The molecule has 0 atom stereocenters. The number of hydrogen-bond acceptors (Lipinski definition) is 3. The fraction of sp³-hybridized carbons (Fsp3) is 0.458. The lowest BCUT2D eigenvalue weighted by Crippen LogP contribution is -2.42. The first kappa shape index (κ1) is 18.8. The van der Waals surface area contributed by atoms with Crippen molar-refractivity contribution in [2.24, 2.45) is 5.92 Å². The van der Waals surface area contributed by atoms with Crippen molar-refractivity contribution in [2.45, 2.75) is 60.9 Å². The molecule has 142 valence electrons. The fourth-order valence-electron chi connectivity index (χ4n) is 4.56. The van der Waals surface area contributed by atoms with Gasteiger partial charge in [-0.25, -0.2) is 4.98 Å². The lowest BCUT2D eigenvalue weighted by molar-refractivity contribution is 0.119. The van der Waals surface area contributed by atoms with E-state index in [-0.39, 0.29) is 0 Å². The van der Waals surface area contributed by atoms with Gasteiger partial charge in [0.15, 0.2) is 0 Å². The van der Waals surface area contributed by atoms with Crippen LogP contribution in [0.25, 0.3) is 5.57 Å². The van der Waals surface area contributed by atoms with Crippen LogP contribution in [0.15, 0.2) is 65.2 Å². The number of benzene rings is 1. The van der Waals surface area contributed by atoms with E-state index in [1.54, 1.807) is 11.8 Å². The molecular formula is C24H30N2S. The van der Waals surface area contributed by atoms with Gasteiger partial charge in [-0.1, -0.05) is 55.8 Å². The van der Waals surface area contributed by atoms with Crippen LogP contribution in [0.5, 0.6) is 0 Å². The highest BCUT2D eigenvalue weighted by molar-refractivity contribution is 7.99. The average Bonchev–Trinajstić information content (AvgIpc) is 2.75. The maximum absolute atomic E-state index is 4.46. The molecule has 3 heteroatoms. The Morgan fingerprint density at radius 2 is 1.67 bits per heavy atom. The Hall–Kier alpha value is -1.58. The molecule has 27 heavy (non-hydrogen) atoms. The van der Waals surface area contributed by atoms with Crippen LogP contribution in [-0.2, 0) is 0 Å². The standard InChI is InChI=1S/C24H30N2S/c1-19(21-14-17-26(18-15-21)22-7-3-2-4-8-22)20-10-12-23(13-11-20)27-24-9-5-6-16-25-24/h5-6,9-13,16,21-22H,1-4,7-8,14-15,17-18H2. The third kappa shape index (κ3) is 4.83. The van der Waals surface area contributed by atoms with Crippen LogP contribution in [0.2, 0.25) is 0 Å². The molecule has 1 saturated heterocycles. The van der Waals surface area contributed by atoms with Gasteiger partial charge in [0, 0.05) is 17.1 Å². The summed E-state index contributed by atoms with van der Waals surface area (Å²) in [5.41, 5.74) is 2.63. The van der Waals surface area contributed by atoms with Crippen molar-refractivity contribution in [1.82, 2.24) is 9.88 Å². The van der Waals surface area contributed by atoms with Gasteiger partial charge < -0.3 is 4.90 Å². The van der Waals surface area contributed by atoms with Crippen molar-refractivity contribution in [2.75, 3.05) is 13.1 Å². The zero-order valence-electron chi connectivity index (χ0n) is 16.1. The van der Waals surface area contributed by atoms with Crippen LogP contribution in [0.1, 0.15) is 50.5 Å². The van der Waals surface area contributed by atoms with Crippen LogP contribution < -0.4 is 0 Å². The molecule has 0 amide bonds. The van der Waals surface area contributed by atoms with Gasteiger partial charge in [-0.2, -0.15) is 0 Å². The summed E-state index contributed by atoms with van der Waals surface area (Å²) in [4.78, 5) is 8.38. The van der Waals surface area contributed by atoms with Gasteiger partial charge in [-0.15, -0.1) is 0 Å². The van der Waals surface area contributed by atoms with E-state index in [2.05, 4.69) is 46.8 Å². The molecule has 2 aromatic rings. The van der Waals surface area contributed by atoms with Crippen molar-refractivity contribution >= 4 is 17.3 Å².